The molecular formula is C30H42O3. The van der Waals surface area contributed by atoms with E-state index in [1.807, 2.05) is 6.08 Å². The van der Waals surface area contributed by atoms with Crippen molar-refractivity contribution in [3.63, 3.8) is 0 Å². The molecule has 0 aromatic heterocycles. The quantitative estimate of drug-likeness (QED) is 0.353. The Morgan fingerprint density at radius 3 is 2.58 bits per heavy atom. The topological polar surface area (TPSA) is 54.4 Å². The summed E-state index contributed by atoms with van der Waals surface area (Å²) in [7, 11) is 0. The molecule has 3 nitrogen and oxygen atoms in total. The molecule has 0 aromatic rings. The van der Waals surface area contributed by atoms with E-state index in [9.17, 15) is 9.59 Å². The molecule has 0 unspecified atom stereocenters. The van der Waals surface area contributed by atoms with Crippen molar-refractivity contribution in [2.24, 2.45) is 39.9 Å². The first-order valence-corrected chi connectivity index (χ1v) is 12.9. The van der Waals surface area contributed by atoms with Gasteiger partial charge in [0.05, 0.1) is 0 Å². The number of carbonyl (C=O) groups is 2. The van der Waals surface area contributed by atoms with Crippen molar-refractivity contribution in [2.45, 2.75) is 86.5 Å². The molecule has 6 atom stereocenters. The summed E-state index contributed by atoms with van der Waals surface area (Å²) >= 11 is 0. The maximum absolute atomic E-state index is 12.8. The van der Waals surface area contributed by atoms with Crippen molar-refractivity contribution in [1.29, 1.82) is 0 Å². The molecule has 0 spiro atoms. The summed E-state index contributed by atoms with van der Waals surface area (Å²) in [5.41, 5.74) is 4.80. The second-order valence-corrected chi connectivity index (χ2v) is 12.4. The average molecular weight is 451 g/mol. The number of carbonyl (C=O) groups excluding carboxylic acids is 1. The maximum atomic E-state index is 12.8. The summed E-state index contributed by atoms with van der Waals surface area (Å²) in [6.07, 6.45) is 13.7. The van der Waals surface area contributed by atoms with E-state index >= 15 is 0 Å². The first kappa shape index (κ1) is 24.2. The minimum Gasteiger partial charge on any atom is -0.478 e. The number of carboxylic acid groups (broad SMARTS) is 1. The zero-order valence-corrected chi connectivity index (χ0v) is 21.5. The lowest BCUT2D eigenvalue weighted by atomic mass is 9.49. The minimum atomic E-state index is -0.826. The number of allylic oxidation sites excluding steroid dienone is 6. The maximum Gasteiger partial charge on any atom is 0.330 e. The largest absolute Gasteiger partial charge is 0.478 e. The molecule has 2 saturated carbocycles. The Morgan fingerprint density at radius 1 is 1.21 bits per heavy atom. The molecule has 1 N–H and O–H groups in total. The van der Waals surface area contributed by atoms with Gasteiger partial charge >= 0.3 is 5.97 Å². The Morgan fingerprint density at radius 2 is 1.91 bits per heavy atom. The van der Waals surface area contributed by atoms with Gasteiger partial charge in [0.25, 0.3) is 0 Å². The number of ketones is 1. The van der Waals surface area contributed by atoms with Crippen LogP contribution < -0.4 is 0 Å². The molecule has 4 aliphatic rings. The normalized spacial score (nSPS) is 38.6. The summed E-state index contributed by atoms with van der Waals surface area (Å²) < 4.78 is 0. The van der Waals surface area contributed by atoms with E-state index in [4.69, 9.17) is 5.11 Å². The fourth-order valence-corrected chi connectivity index (χ4v) is 7.91. The summed E-state index contributed by atoms with van der Waals surface area (Å²) in [4.78, 5) is 23.8. The molecule has 2 fully saturated rings. The van der Waals surface area contributed by atoms with Crippen molar-refractivity contribution in [3.8, 4) is 0 Å². The van der Waals surface area contributed by atoms with Gasteiger partial charge < -0.3 is 5.11 Å². The lowest BCUT2D eigenvalue weighted by Crippen LogP contribution is -2.50. The van der Waals surface area contributed by atoms with Crippen LogP contribution in [-0.4, -0.2) is 16.9 Å². The summed E-state index contributed by atoms with van der Waals surface area (Å²) in [6.45, 7) is 17.8. The van der Waals surface area contributed by atoms with Crippen LogP contribution in [0.4, 0.5) is 0 Å². The van der Waals surface area contributed by atoms with Crippen LogP contribution in [0.5, 0.6) is 0 Å². The van der Waals surface area contributed by atoms with E-state index in [1.54, 1.807) is 12.5 Å². The number of hydrogen-bond donors (Lipinski definition) is 1. The Balaban J connectivity index is 1.58. The van der Waals surface area contributed by atoms with Crippen molar-refractivity contribution in [3.05, 3.63) is 47.1 Å². The van der Waals surface area contributed by atoms with Gasteiger partial charge in [0, 0.05) is 28.7 Å². The van der Waals surface area contributed by atoms with Crippen molar-refractivity contribution >= 4 is 11.8 Å². The molecule has 33 heavy (non-hydrogen) atoms. The zero-order valence-electron chi connectivity index (χ0n) is 21.5. The SMILES string of the molecule is C=C1[C@@H]([C@H](C)CC/C=C(/C)C(=O)O)CC[C@@]2(C)C3=CC[C@H]4C(C)(C)C(=O)CC[C@]4(C)C3=C[C@@H]12. The van der Waals surface area contributed by atoms with Gasteiger partial charge in [0.2, 0.25) is 0 Å². The smallest absolute Gasteiger partial charge is 0.330 e. The molecule has 0 heterocycles. The molecule has 0 aliphatic heterocycles. The van der Waals surface area contributed by atoms with Crippen LogP contribution >= 0.6 is 0 Å². The number of aliphatic carboxylic acids is 1. The molecule has 0 bridgehead atoms. The fraction of sp³-hybridized carbons (Fsp3) is 0.667. The van der Waals surface area contributed by atoms with E-state index in [2.05, 4.69) is 53.3 Å². The average Bonchev–Trinajstić information content (AvgIpc) is 3.06. The number of carboxylic acids is 1. The monoisotopic (exact) mass is 450 g/mol. The highest BCUT2D eigenvalue weighted by atomic mass is 16.4. The Hall–Kier alpha value is -1.90. The second-order valence-electron chi connectivity index (χ2n) is 12.4. The molecule has 4 rings (SSSR count). The molecule has 180 valence electrons. The van der Waals surface area contributed by atoms with Crippen LogP contribution in [0.15, 0.2) is 47.1 Å². The molecule has 4 aliphatic carbocycles. The van der Waals surface area contributed by atoms with Gasteiger partial charge in [0.1, 0.15) is 5.78 Å². The number of fused-ring (bicyclic) bond motifs is 5. The summed E-state index contributed by atoms with van der Waals surface area (Å²) in [6, 6.07) is 0. The van der Waals surface area contributed by atoms with Crippen LogP contribution in [0, 0.1) is 39.9 Å². The molecular weight excluding hydrogens is 408 g/mol. The molecule has 0 saturated heterocycles. The van der Waals surface area contributed by atoms with Gasteiger partial charge in [-0.15, -0.1) is 0 Å². The van der Waals surface area contributed by atoms with Crippen LogP contribution in [0.25, 0.3) is 0 Å². The number of hydrogen-bond acceptors (Lipinski definition) is 2. The molecule has 0 amide bonds. The van der Waals surface area contributed by atoms with Crippen molar-refractivity contribution in [2.75, 3.05) is 0 Å². The third kappa shape index (κ3) is 3.61. The summed E-state index contributed by atoms with van der Waals surface area (Å²) in [5, 5.41) is 9.11. The van der Waals surface area contributed by atoms with Gasteiger partial charge in [-0.1, -0.05) is 65.0 Å². The highest BCUT2D eigenvalue weighted by molar-refractivity contribution is 5.86. The van der Waals surface area contributed by atoms with Gasteiger partial charge in [0.15, 0.2) is 0 Å². The van der Waals surface area contributed by atoms with E-state index in [-0.39, 0.29) is 16.2 Å². The lowest BCUT2D eigenvalue weighted by Gasteiger charge is -2.54. The molecule has 3 heteroatoms. The molecule has 0 radical (unpaired) electrons. The number of Topliss-reactive ketones (excluding diaryl/α,β-unsaturated/α-hetero) is 1. The second kappa shape index (κ2) is 8.10. The van der Waals surface area contributed by atoms with Crippen molar-refractivity contribution < 1.29 is 14.7 Å². The first-order valence-electron chi connectivity index (χ1n) is 12.9. The summed E-state index contributed by atoms with van der Waals surface area (Å²) in [5.74, 6) is 1.31. The van der Waals surface area contributed by atoms with Crippen LogP contribution in [0.1, 0.15) is 86.5 Å². The van der Waals surface area contributed by atoms with Gasteiger partial charge in [-0.25, -0.2) is 4.79 Å². The predicted molar refractivity (Wildman–Crippen MR) is 134 cm³/mol. The van der Waals surface area contributed by atoms with E-state index in [1.165, 1.54) is 17.6 Å². The van der Waals surface area contributed by atoms with Crippen LogP contribution in [0.3, 0.4) is 0 Å². The number of rotatable bonds is 5. The van der Waals surface area contributed by atoms with Crippen LogP contribution in [-0.2, 0) is 9.59 Å². The van der Waals surface area contributed by atoms with Gasteiger partial charge in [-0.3, -0.25) is 4.79 Å². The van der Waals surface area contributed by atoms with E-state index < -0.39 is 5.97 Å². The standard InChI is InChI=1S/C30H42O3/c1-18(9-8-10-19(2)27(32)33)21-13-15-29(6)22-11-12-25-28(4,5)26(31)14-16-30(25,7)24(22)17-23(29)20(21)3/h10-11,17-18,21,23,25H,3,8-9,12-16H2,1-2,4-7H3,(H,32,33)/b19-10-/t18-,21-,23+,25+,29+,30-/m1/s1. The van der Waals surface area contributed by atoms with Crippen molar-refractivity contribution in [1.82, 2.24) is 0 Å². The van der Waals surface area contributed by atoms with Gasteiger partial charge in [-0.2, -0.15) is 0 Å². The Kier molecular flexibility index (Phi) is 5.95. The predicted octanol–water partition coefficient (Wildman–Crippen LogP) is 7.30. The zero-order chi connectivity index (χ0) is 24.3. The third-order valence-electron chi connectivity index (χ3n) is 10.3. The van der Waals surface area contributed by atoms with E-state index in [0.29, 0.717) is 41.4 Å². The Bertz CT molecular complexity index is 977. The van der Waals surface area contributed by atoms with Crippen LogP contribution in [0.2, 0.25) is 0 Å². The first-order chi connectivity index (χ1) is 15.3. The van der Waals surface area contributed by atoms with E-state index in [0.717, 1.165) is 32.1 Å². The minimum absolute atomic E-state index is 0.0718. The molecule has 0 aromatic carbocycles. The highest BCUT2D eigenvalue weighted by Crippen LogP contribution is 2.67. The third-order valence-corrected chi connectivity index (χ3v) is 10.3. The van der Waals surface area contributed by atoms with Gasteiger partial charge in [-0.05, 0) is 79.8 Å². The highest BCUT2D eigenvalue weighted by Gasteiger charge is 2.59. The fourth-order valence-electron chi connectivity index (χ4n) is 7.91. The lowest BCUT2D eigenvalue weighted by molar-refractivity contribution is -0.138. The Labute approximate surface area is 200 Å².